The zero-order valence-electron chi connectivity index (χ0n) is 14.4. The normalized spacial score (nSPS) is 22.6. The Morgan fingerprint density at radius 3 is 2.77 bits per heavy atom. The maximum absolute atomic E-state index is 13.1. The van der Waals surface area contributed by atoms with Crippen molar-refractivity contribution < 1.29 is 9.18 Å². The van der Waals surface area contributed by atoms with Gasteiger partial charge in [-0.3, -0.25) is 4.79 Å². The second kappa shape index (κ2) is 6.75. The Morgan fingerprint density at radius 1 is 1.23 bits per heavy atom. The van der Waals surface area contributed by atoms with Crippen LogP contribution in [0.3, 0.4) is 0 Å². The van der Waals surface area contributed by atoms with Crippen LogP contribution in [0.15, 0.2) is 40.3 Å². The number of rotatable bonds is 3. The van der Waals surface area contributed by atoms with Crippen molar-refractivity contribution in [3.8, 4) is 0 Å². The highest BCUT2D eigenvalue weighted by Gasteiger charge is 2.40. The fourth-order valence-electron chi connectivity index (χ4n) is 3.62. The van der Waals surface area contributed by atoms with Gasteiger partial charge in [0.25, 0.3) is 0 Å². The molecule has 2 N–H and O–H groups in total. The smallest absolute Gasteiger partial charge is 0.245 e. The third-order valence-corrected chi connectivity index (χ3v) is 5.86. The van der Waals surface area contributed by atoms with E-state index in [0.29, 0.717) is 10.8 Å². The molecule has 0 aliphatic carbocycles. The van der Waals surface area contributed by atoms with E-state index >= 15 is 0 Å². The average Bonchev–Trinajstić information content (AvgIpc) is 3.08. The number of halogens is 1. The van der Waals surface area contributed by atoms with Crippen LogP contribution < -0.4 is 10.6 Å². The maximum Gasteiger partial charge on any atom is 0.245 e. The number of benzene rings is 1. The molecule has 6 nitrogen and oxygen atoms in total. The Bertz CT molecular complexity index is 831. The summed E-state index contributed by atoms with van der Waals surface area (Å²) in [6.45, 7) is 3.51. The third kappa shape index (κ3) is 3.21. The van der Waals surface area contributed by atoms with Crippen molar-refractivity contribution in [1.29, 1.82) is 0 Å². The summed E-state index contributed by atoms with van der Waals surface area (Å²) in [5, 5.41) is 0.674. The Labute approximate surface area is 155 Å². The maximum atomic E-state index is 13.1. The Morgan fingerprint density at radius 2 is 2.00 bits per heavy atom. The summed E-state index contributed by atoms with van der Waals surface area (Å²) in [5.74, 6) is 0.692. The van der Waals surface area contributed by atoms with Gasteiger partial charge in [0.15, 0.2) is 0 Å². The predicted molar refractivity (Wildman–Crippen MR) is 98.5 cm³/mol. The van der Waals surface area contributed by atoms with Gasteiger partial charge in [0.2, 0.25) is 11.9 Å². The number of nitrogen functional groups attached to an aromatic ring is 1. The molecular weight excluding hydrogens is 353 g/mol. The summed E-state index contributed by atoms with van der Waals surface area (Å²) in [6, 6.07) is 8.02. The minimum Gasteiger partial charge on any atom is -0.368 e. The lowest BCUT2D eigenvalue weighted by atomic mass is 10.1. The van der Waals surface area contributed by atoms with Crippen LogP contribution >= 0.6 is 11.8 Å². The van der Waals surface area contributed by atoms with E-state index in [1.165, 1.54) is 23.9 Å². The number of piperazine rings is 1. The Hall–Kier alpha value is -2.35. The molecule has 1 amide bonds. The number of hydrogen-bond donors (Lipinski definition) is 1. The third-order valence-electron chi connectivity index (χ3n) is 4.93. The van der Waals surface area contributed by atoms with Crippen LogP contribution in [-0.2, 0) is 4.79 Å². The monoisotopic (exact) mass is 373 g/mol. The second-order valence-corrected chi connectivity index (χ2v) is 7.73. The number of nitrogens with two attached hydrogens (primary N) is 1. The lowest BCUT2D eigenvalue weighted by molar-refractivity contribution is -0.134. The van der Waals surface area contributed by atoms with Gasteiger partial charge in [0.1, 0.15) is 22.7 Å². The molecule has 2 aliphatic rings. The summed E-state index contributed by atoms with van der Waals surface area (Å²) >= 11 is 1.39. The first-order valence-corrected chi connectivity index (χ1v) is 9.48. The van der Waals surface area contributed by atoms with E-state index in [-0.39, 0.29) is 29.8 Å². The van der Waals surface area contributed by atoms with Gasteiger partial charge in [0, 0.05) is 30.1 Å². The van der Waals surface area contributed by atoms with Crippen LogP contribution in [0.2, 0.25) is 0 Å². The average molecular weight is 373 g/mol. The zero-order chi connectivity index (χ0) is 18.3. The number of fused-ring (bicyclic) bond motifs is 1. The van der Waals surface area contributed by atoms with Gasteiger partial charge < -0.3 is 15.5 Å². The van der Waals surface area contributed by atoms with Crippen molar-refractivity contribution in [1.82, 2.24) is 14.9 Å². The van der Waals surface area contributed by atoms with E-state index in [4.69, 9.17) is 5.73 Å². The zero-order valence-corrected chi connectivity index (χ0v) is 15.2. The van der Waals surface area contributed by atoms with E-state index in [9.17, 15) is 9.18 Å². The number of nitrogens with zero attached hydrogens (tertiary/aromatic N) is 4. The second-order valence-electron chi connectivity index (χ2n) is 6.63. The molecule has 2 fully saturated rings. The van der Waals surface area contributed by atoms with E-state index in [1.807, 2.05) is 22.8 Å². The molecule has 4 rings (SSSR count). The highest BCUT2D eigenvalue weighted by Crippen LogP contribution is 2.32. The molecule has 0 saturated carbocycles. The van der Waals surface area contributed by atoms with Crippen molar-refractivity contribution in [2.24, 2.45) is 0 Å². The molecule has 2 saturated heterocycles. The van der Waals surface area contributed by atoms with Crippen LogP contribution in [-0.4, -0.2) is 45.9 Å². The van der Waals surface area contributed by atoms with E-state index in [0.717, 1.165) is 30.8 Å². The minimum absolute atomic E-state index is 0.142. The summed E-state index contributed by atoms with van der Waals surface area (Å²) < 4.78 is 13.1. The highest BCUT2D eigenvalue weighted by atomic mass is 32.2. The van der Waals surface area contributed by atoms with E-state index in [1.54, 1.807) is 12.1 Å². The van der Waals surface area contributed by atoms with Gasteiger partial charge in [-0.1, -0.05) is 11.8 Å². The van der Waals surface area contributed by atoms with Gasteiger partial charge in [-0.25, -0.2) is 9.37 Å². The summed E-state index contributed by atoms with van der Waals surface area (Å²) in [6.07, 6.45) is 2.07. The first-order chi connectivity index (χ1) is 12.5. The highest BCUT2D eigenvalue weighted by molar-refractivity contribution is 7.99. The van der Waals surface area contributed by atoms with Gasteiger partial charge in [-0.15, -0.1) is 0 Å². The summed E-state index contributed by atoms with van der Waals surface area (Å²) in [5.41, 5.74) is 5.91. The molecule has 1 aromatic carbocycles. The molecule has 26 heavy (non-hydrogen) atoms. The van der Waals surface area contributed by atoms with Gasteiger partial charge in [-0.2, -0.15) is 4.98 Å². The van der Waals surface area contributed by atoms with Crippen LogP contribution in [0, 0.1) is 5.82 Å². The van der Waals surface area contributed by atoms with Crippen LogP contribution in [0.1, 0.15) is 19.8 Å². The van der Waals surface area contributed by atoms with Crippen molar-refractivity contribution in [2.45, 2.75) is 41.8 Å². The standard InChI is InChI=1S/C18H20FN5OS/c1-11-17(25)23-8-2-3-13(23)10-24(11)15-9-16(22-18(20)21-15)26-14-6-4-12(19)5-7-14/h4-7,9,11,13H,2-3,8,10H2,1H3,(H2,20,21,22)/t11-,13+/m1/s1. The molecule has 0 unspecified atom stereocenters. The minimum atomic E-state index is -0.279. The first-order valence-electron chi connectivity index (χ1n) is 8.66. The van der Waals surface area contributed by atoms with Crippen molar-refractivity contribution in [3.05, 3.63) is 36.1 Å². The fourth-order valence-corrected chi connectivity index (χ4v) is 4.44. The topological polar surface area (TPSA) is 75.4 Å². The number of amides is 1. The predicted octanol–water partition coefficient (Wildman–Crippen LogP) is 2.55. The molecular formula is C18H20FN5OS. The molecule has 3 heterocycles. The lowest BCUT2D eigenvalue weighted by Crippen LogP contribution is -2.59. The van der Waals surface area contributed by atoms with E-state index in [2.05, 4.69) is 9.97 Å². The molecule has 8 heteroatoms. The Kier molecular flexibility index (Phi) is 4.44. The number of hydrogen-bond acceptors (Lipinski definition) is 6. The van der Waals surface area contributed by atoms with Gasteiger partial charge >= 0.3 is 0 Å². The van der Waals surface area contributed by atoms with Crippen molar-refractivity contribution >= 4 is 29.4 Å². The van der Waals surface area contributed by atoms with E-state index < -0.39 is 0 Å². The van der Waals surface area contributed by atoms with Crippen LogP contribution in [0.5, 0.6) is 0 Å². The Balaban J connectivity index is 1.61. The SMILES string of the molecule is C[C@@H]1C(=O)N2CCC[C@H]2CN1c1cc(Sc2ccc(F)cc2)nc(N)n1. The number of carbonyl (C=O) groups is 1. The number of aromatic nitrogens is 2. The molecule has 2 aliphatic heterocycles. The van der Waals surface area contributed by atoms with Crippen LogP contribution in [0.4, 0.5) is 16.2 Å². The quantitative estimate of drug-likeness (QED) is 0.834. The first kappa shape index (κ1) is 17.1. The molecule has 1 aromatic heterocycles. The summed E-state index contributed by atoms with van der Waals surface area (Å²) in [4.78, 5) is 26.1. The molecule has 0 radical (unpaired) electrons. The molecule has 0 bridgehead atoms. The van der Waals surface area contributed by atoms with Gasteiger partial charge in [0.05, 0.1) is 0 Å². The molecule has 2 aromatic rings. The molecule has 2 atom stereocenters. The van der Waals surface area contributed by atoms with Gasteiger partial charge in [-0.05, 0) is 44.0 Å². The summed E-state index contributed by atoms with van der Waals surface area (Å²) in [7, 11) is 0. The van der Waals surface area contributed by atoms with Crippen LogP contribution in [0.25, 0.3) is 0 Å². The lowest BCUT2D eigenvalue weighted by Gasteiger charge is -2.42. The molecule has 0 spiro atoms. The molecule has 136 valence electrons. The van der Waals surface area contributed by atoms with Crippen molar-refractivity contribution in [2.75, 3.05) is 23.7 Å². The largest absolute Gasteiger partial charge is 0.368 e. The van der Waals surface area contributed by atoms with Crippen molar-refractivity contribution in [3.63, 3.8) is 0 Å². The number of anilines is 2. The fraction of sp³-hybridized carbons (Fsp3) is 0.389. The number of carbonyl (C=O) groups excluding carboxylic acids is 1.